The monoisotopic (exact) mass is 302 g/mol. The molecule has 0 amide bonds. The molecule has 0 aromatic heterocycles. The van der Waals surface area contributed by atoms with E-state index in [1.807, 2.05) is 0 Å². The number of benzene rings is 1. The van der Waals surface area contributed by atoms with E-state index in [4.69, 9.17) is 4.74 Å². The van der Waals surface area contributed by atoms with Crippen molar-refractivity contribution in [2.45, 2.75) is 32.0 Å². The fourth-order valence-corrected chi connectivity index (χ4v) is 3.73. The van der Waals surface area contributed by atoms with Crippen LogP contribution in [0.5, 0.6) is 5.75 Å². The lowest BCUT2D eigenvalue weighted by atomic mass is 9.61. The summed E-state index contributed by atoms with van der Waals surface area (Å²) in [6.45, 7) is 2.90. The van der Waals surface area contributed by atoms with Crippen molar-refractivity contribution in [2.75, 3.05) is 0 Å². The summed E-state index contributed by atoms with van der Waals surface area (Å²) in [7, 11) is 0. The minimum absolute atomic E-state index is 0.125. The Labute approximate surface area is 128 Å². The minimum Gasteiger partial charge on any atom is -0.507 e. The van der Waals surface area contributed by atoms with Crippen LogP contribution in [0.3, 0.4) is 0 Å². The maximum absolute atomic E-state index is 12.7. The van der Waals surface area contributed by atoms with Gasteiger partial charge >= 0.3 is 5.97 Å². The summed E-state index contributed by atoms with van der Waals surface area (Å²) in [4.78, 5) is 24.1. The number of phenols is 1. The van der Waals surface area contributed by atoms with Gasteiger partial charge < -0.3 is 14.9 Å². The van der Waals surface area contributed by atoms with Gasteiger partial charge in [0, 0.05) is 18.8 Å². The van der Waals surface area contributed by atoms with Gasteiger partial charge in [-0.2, -0.15) is 0 Å². The highest BCUT2D eigenvalue weighted by molar-refractivity contribution is 6.03. The Morgan fingerprint density at radius 3 is 2.82 bits per heavy atom. The average Bonchev–Trinajstić information content (AvgIpc) is 2.44. The highest BCUT2D eigenvalue weighted by Crippen LogP contribution is 2.49. The van der Waals surface area contributed by atoms with Gasteiger partial charge in [-0.3, -0.25) is 9.59 Å². The molecule has 0 unspecified atom stereocenters. The molecule has 2 N–H and O–H groups in total. The fraction of sp³-hybridized carbons (Fsp3) is 0.412. The van der Waals surface area contributed by atoms with Gasteiger partial charge in [0.2, 0.25) is 0 Å². The van der Waals surface area contributed by atoms with Crippen LogP contribution in [0.25, 0.3) is 0 Å². The van der Waals surface area contributed by atoms with Crippen molar-refractivity contribution in [1.82, 2.24) is 0 Å². The van der Waals surface area contributed by atoms with Gasteiger partial charge in [0.15, 0.2) is 5.78 Å². The van der Waals surface area contributed by atoms with Crippen LogP contribution in [0.15, 0.2) is 30.4 Å². The summed E-state index contributed by atoms with van der Waals surface area (Å²) >= 11 is 0. The van der Waals surface area contributed by atoms with E-state index in [-0.39, 0.29) is 17.1 Å². The normalized spacial score (nSPS) is 33.0. The third-order valence-electron chi connectivity index (χ3n) is 4.63. The molecule has 116 valence electrons. The molecule has 5 nitrogen and oxygen atoms in total. The standard InChI is InChI=1S/C17H18O5/c1-9(18)22-13-8-3-5-10-15(13)17(2,21)11-6-4-7-12(19)14(11)16(10)20/h3-4,6-8,10,13,15,19,21H,5H2,1-2H3/t10-,13-,15+,17+/m1/s1. The zero-order valence-corrected chi connectivity index (χ0v) is 12.4. The number of esters is 1. The summed E-state index contributed by atoms with van der Waals surface area (Å²) in [5.41, 5.74) is -0.825. The van der Waals surface area contributed by atoms with E-state index in [1.165, 1.54) is 13.0 Å². The van der Waals surface area contributed by atoms with E-state index < -0.39 is 29.5 Å². The van der Waals surface area contributed by atoms with E-state index in [2.05, 4.69) is 0 Å². The number of rotatable bonds is 1. The number of ether oxygens (including phenoxy) is 1. The Morgan fingerprint density at radius 2 is 2.14 bits per heavy atom. The van der Waals surface area contributed by atoms with Crippen molar-refractivity contribution in [3.05, 3.63) is 41.5 Å². The number of phenolic OH excluding ortho intramolecular Hbond substituents is 1. The lowest BCUT2D eigenvalue weighted by Gasteiger charge is -2.46. The maximum Gasteiger partial charge on any atom is 0.303 e. The van der Waals surface area contributed by atoms with Crippen LogP contribution in [-0.2, 0) is 15.1 Å². The Hall–Kier alpha value is -2.14. The molecular formula is C17H18O5. The molecule has 3 rings (SSSR count). The second-order valence-electron chi connectivity index (χ2n) is 6.08. The van der Waals surface area contributed by atoms with Gasteiger partial charge in [0.25, 0.3) is 0 Å². The number of carbonyl (C=O) groups is 2. The number of fused-ring (bicyclic) bond motifs is 2. The molecule has 0 saturated heterocycles. The fourth-order valence-electron chi connectivity index (χ4n) is 3.73. The predicted octanol–water partition coefficient (Wildman–Crippen LogP) is 1.92. The molecular weight excluding hydrogens is 284 g/mol. The van der Waals surface area contributed by atoms with Gasteiger partial charge in [-0.1, -0.05) is 18.2 Å². The largest absolute Gasteiger partial charge is 0.507 e. The van der Waals surface area contributed by atoms with Crippen molar-refractivity contribution in [3.63, 3.8) is 0 Å². The first-order valence-electron chi connectivity index (χ1n) is 7.27. The van der Waals surface area contributed by atoms with Crippen LogP contribution < -0.4 is 0 Å². The smallest absolute Gasteiger partial charge is 0.303 e. The van der Waals surface area contributed by atoms with Crippen LogP contribution >= 0.6 is 0 Å². The van der Waals surface area contributed by atoms with Crippen LogP contribution in [0.4, 0.5) is 0 Å². The molecule has 1 aromatic carbocycles. The maximum atomic E-state index is 12.7. The van der Waals surface area contributed by atoms with Crippen molar-refractivity contribution in [1.29, 1.82) is 0 Å². The zero-order chi connectivity index (χ0) is 16.1. The number of carbonyl (C=O) groups excluding carboxylic acids is 2. The zero-order valence-electron chi connectivity index (χ0n) is 12.4. The number of hydrogen-bond donors (Lipinski definition) is 2. The van der Waals surface area contributed by atoms with Crippen molar-refractivity contribution < 1.29 is 24.5 Å². The van der Waals surface area contributed by atoms with E-state index >= 15 is 0 Å². The molecule has 0 heterocycles. The number of Topliss-reactive ketones (excluding diaryl/α,β-unsaturated/α-hetero) is 1. The van der Waals surface area contributed by atoms with Crippen molar-refractivity contribution in [2.24, 2.45) is 11.8 Å². The first-order valence-corrected chi connectivity index (χ1v) is 7.27. The SMILES string of the molecule is CC(=O)O[C@@H]1C=CC[C@H]2C(=O)c3c(O)cccc3[C@](C)(O)[C@H]12. The van der Waals surface area contributed by atoms with E-state index in [1.54, 1.807) is 31.2 Å². The lowest BCUT2D eigenvalue weighted by Crippen LogP contribution is -2.52. The van der Waals surface area contributed by atoms with Gasteiger partial charge in [-0.05, 0) is 31.1 Å². The highest BCUT2D eigenvalue weighted by Gasteiger charge is 2.53. The highest BCUT2D eigenvalue weighted by atomic mass is 16.5. The van der Waals surface area contributed by atoms with E-state index in [0.717, 1.165) is 0 Å². The van der Waals surface area contributed by atoms with Crippen LogP contribution in [0, 0.1) is 11.8 Å². The molecule has 0 saturated carbocycles. The Bertz CT molecular complexity index is 674. The Balaban J connectivity index is 2.16. The summed E-state index contributed by atoms with van der Waals surface area (Å²) in [6, 6.07) is 4.66. The molecule has 2 aliphatic rings. The third-order valence-corrected chi connectivity index (χ3v) is 4.63. The molecule has 0 aliphatic heterocycles. The van der Waals surface area contributed by atoms with Gasteiger partial charge in [-0.15, -0.1) is 0 Å². The number of ketones is 1. The molecule has 1 aromatic rings. The van der Waals surface area contributed by atoms with Gasteiger partial charge in [-0.25, -0.2) is 0 Å². The molecule has 0 spiro atoms. The number of aromatic hydroxyl groups is 1. The molecule has 0 radical (unpaired) electrons. The third kappa shape index (κ3) is 2.04. The molecule has 0 fully saturated rings. The predicted molar refractivity (Wildman–Crippen MR) is 78.3 cm³/mol. The number of hydrogen-bond acceptors (Lipinski definition) is 5. The molecule has 2 aliphatic carbocycles. The summed E-state index contributed by atoms with van der Waals surface area (Å²) in [6.07, 6.45) is 3.29. The van der Waals surface area contributed by atoms with Crippen LogP contribution in [0.1, 0.15) is 36.2 Å². The first kappa shape index (κ1) is 14.8. The van der Waals surface area contributed by atoms with Gasteiger partial charge in [0.05, 0.1) is 11.2 Å². The number of aliphatic hydroxyl groups is 1. The van der Waals surface area contributed by atoms with Crippen molar-refractivity contribution >= 4 is 11.8 Å². The molecule has 0 bridgehead atoms. The first-order chi connectivity index (χ1) is 10.3. The van der Waals surface area contributed by atoms with Crippen LogP contribution in [0.2, 0.25) is 0 Å². The second-order valence-corrected chi connectivity index (χ2v) is 6.08. The molecule has 22 heavy (non-hydrogen) atoms. The lowest BCUT2D eigenvalue weighted by molar-refractivity contribution is -0.155. The van der Waals surface area contributed by atoms with E-state index in [9.17, 15) is 19.8 Å². The average molecular weight is 302 g/mol. The minimum atomic E-state index is -1.38. The summed E-state index contributed by atoms with van der Waals surface area (Å²) in [5.74, 6) is -1.89. The molecule has 4 atom stereocenters. The summed E-state index contributed by atoms with van der Waals surface area (Å²) in [5, 5.41) is 21.1. The topological polar surface area (TPSA) is 83.8 Å². The van der Waals surface area contributed by atoms with Crippen molar-refractivity contribution in [3.8, 4) is 5.75 Å². The second kappa shape index (κ2) is 4.95. The van der Waals surface area contributed by atoms with Gasteiger partial charge in [0.1, 0.15) is 11.9 Å². The quantitative estimate of drug-likeness (QED) is 0.611. The Kier molecular flexibility index (Phi) is 3.33. The van der Waals surface area contributed by atoms with Crippen LogP contribution in [-0.4, -0.2) is 28.1 Å². The summed E-state index contributed by atoms with van der Waals surface area (Å²) < 4.78 is 5.29. The number of allylic oxidation sites excluding steroid dienone is 1. The van der Waals surface area contributed by atoms with E-state index in [0.29, 0.717) is 12.0 Å². The molecule has 5 heteroatoms. The Morgan fingerprint density at radius 1 is 1.41 bits per heavy atom.